The van der Waals surface area contributed by atoms with Crippen molar-refractivity contribution in [3.8, 4) is 0 Å². The summed E-state index contributed by atoms with van der Waals surface area (Å²) in [6.45, 7) is 11.2. The zero-order valence-corrected chi connectivity index (χ0v) is 14.9. The van der Waals surface area contributed by atoms with Gasteiger partial charge in [0.25, 0.3) is 0 Å². The first-order valence-electron chi connectivity index (χ1n) is 8.20. The largest absolute Gasteiger partial charge is 0.508 e. The van der Waals surface area contributed by atoms with Gasteiger partial charge in [0.1, 0.15) is 11.3 Å². The highest BCUT2D eigenvalue weighted by molar-refractivity contribution is 5.36. The summed E-state index contributed by atoms with van der Waals surface area (Å²) in [6, 6.07) is 9.80. The molecule has 0 saturated carbocycles. The number of hydrogen-bond acceptors (Lipinski definition) is 3. The van der Waals surface area contributed by atoms with Crippen LogP contribution >= 0.6 is 0 Å². The van der Waals surface area contributed by atoms with Crippen LogP contribution in [0.3, 0.4) is 0 Å². The maximum Gasteiger partial charge on any atom is 0.111 e. The predicted molar refractivity (Wildman–Crippen MR) is 96.0 cm³/mol. The van der Waals surface area contributed by atoms with E-state index < -0.39 is 5.54 Å². The number of aliphatic hydroxyl groups excluding tert-OH is 1. The topological polar surface area (TPSA) is 45.0 Å². The minimum Gasteiger partial charge on any atom is -0.508 e. The van der Waals surface area contributed by atoms with Crippen molar-refractivity contribution in [2.75, 3.05) is 0 Å². The Morgan fingerprint density at radius 3 is 2.26 bits per heavy atom. The van der Waals surface area contributed by atoms with E-state index in [1.54, 1.807) is 6.08 Å². The average Bonchev–Trinajstić information content (AvgIpc) is 2.45. The van der Waals surface area contributed by atoms with Crippen LogP contribution < -0.4 is 0 Å². The van der Waals surface area contributed by atoms with Crippen molar-refractivity contribution in [1.29, 1.82) is 0 Å². The van der Waals surface area contributed by atoms with Gasteiger partial charge in [-0.2, -0.15) is 10.2 Å². The van der Waals surface area contributed by atoms with E-state index in [2.05, 4.69) is 39.7 Å². The SMILES string of the molecule is CC(C)(C)CC(C)(C)C1(N=Nc2ccccc2)C=CC(O)=CC1. The molecule has 1 unspecified atom stereocenters. The summed E-state index contributed by atoms with van der Waals surface area (Å²) in [7, 11) is 0. The van der Waals surface area contributed by atoms with E-state index in [9.17, 15) is 5.11 Å². The fraction of sp³-hybridized carbons (Fsp3) is 0.500. The molecule has 1 atom stereocenters. The summed E-state index contributed by atoms with van der Waals surface area (Å²) in [6.07, 6.45) is 7.27. The number of rotatable bonds is 4. The van der Waals surface area contributed by atoms with Crippen molar-refractivity contribution >= 4 is 5.69 Å². The Bertz CT molecular complexity index is 621. The van der Waals surface area contributed by atoms with Gasteiger partial charge in [-0.25, -0.2) is 0 Å². The molecule has 0 radical (unpaired) electrons. The maximum atomic E-state index is 9.73. The van der Waals surface area contributed by atoms with Crippen molar-refractivity contribution in [2.24, 2.45) is 21.1 Å². The van der Waals surface area contributed by atoms with E-state index in [1.807, 2.05) is 42.5 Å². The van der Waals surface area contributed by atoms with E-state index in [4.69, 9.17) is 5.11 Å². The van der Waals surface area contributed by atoms with Gasteiger partial charge in [0.2, 0.25) is 0 Å². The summed E-state index contributed by atoms with van der Waals surface area (Å²) in [4.78, 5) is 0. The first kappa shape index (κ1) is 17.5. The number of azo groups is 1. The molecule has 3 nitrogen and oxygen atoms in total. The van der Waals surface area contributed by atoms with Gasteiger partial charge in [0, 0.05) is 6.42 Å². The second kappa shape index (κ2) is 6.31. The Labute approximate surface area is 139 Å². The molecule has 0 heterocycles. The van der Waals surface area contributed by atoms with Gasteiger partial charge in [-0.05, 0) is 41.5 Å². The van der Waals surface area contributed by atoms with E-state index in [-0.39, 0.29) is 10.8 Å². The quantitative estimate of drug-likeness (QED) is 0.645. The second-order valence-electron chi connectivity index (χ2n) is 8.25. The third-order valence-electron chi connectivity index (χ3n) is 4.40. The number of allylic oxidation sites excluding steroid dienone is 1. The summed E-state index contributed by atoms with van der Waals surface area (Å²) < 4.78 is 0. The van der Waals surface area contributed by atoms with E-state index in [1.165, 1.54) is 0 Å². The molecule has 0 bridgehead atoms. The molecule has 0 spiro atoms. The lowest BCUT2D eigenvalue weighted by Crippen LogP contribution is -2.44. The molecule has 23 heavy (non-hydrogen) atoms. The van der Waals surface area contributed by atoms with Crippen LogP contribution in [0, 0.1) is 10.8 Å². The van der Waals surface area contributed by atoms with E-state index in [0.717, 1.165) is 12.1 Å². The fourth-order valence-corrected chi connectivity index (χ4v) is 3.45. The first-order valence-corrected chi connectivity index (χ1v) is 8.20. The molecule has 1 aromatic rings. The second-order valence-corrected chi connectivity index (χ2v) is 8.25. The molecule has 3 heteroatoms. The normalized spacial score (nSPS) is 22.4. The molecule has 0 fully saturated rings. The summed E-state index contributed by atoms with van der Waals surface area (Å²) in [5.74, 6) is 0.307. The molecule has 124 valence electrons. The lowest BCUT2D eigenvalue weighted by molar-refractivity contribution is 0.127. The van der Waals surface area contributed by atoms with Gasteiger partial charge in [-0.3, -0.25) is 0 Å². The Balaban J connectivity index is 2.38. The third kappa shape index (κ3) is 4.31. The molecule has 1 aromatic carbocycles. The lowest BCUT2D eigenvalue weighted by atomic mass is 9.63. The van der Waals surface area contributed by atoms with Gasteiger partial charge >= 0.3 is 0 Å². The van der Waals surface area contributed by atoms with Crippen LogP contribution in [0.15, 0.2) is 64.5 Å². The molecule has 0 saturated heterocycles. The van der Waals surface area contributed by atoms with Gasteiger partial charge in [-0.1, -0.05) is 58.9 Å². The fourth-order valence-electron chi connectivity index (χ4n) is 3.45. The Morgan fingerprint density at radius 1 is 1.09 bits per heavy atom. The monoisotopic (exact) mass is 312 g/mol. The van der Waals surface area contributed by atoms with Crippen molar-refractivity contribution in [2.45, 2.75) is 53.0 Å². The zero-order chi connectivity index (χ0) is 17.1. The highest BCUT2D eigenvalue weighted by Crippen LogP contribution is 2.48. The lowest BCUT2D eigenvalue weighted by Gasteiger charge is -2.45. The van der Waals surface area contributed by atoms with Crippen molar-refractivity contribution in [3.63, 3.8) is 0 Å². The molecule has 0 amide bonds. The summed E-state index contributed by atoms with van der Waals surface area (Å²) in [5, 5.41) is 19.0. The molecular formula is C20H28N2O. The minimum absolute atomic E-state index is 0.0861. The van der Waals surface area contributed by atoms with Crippen LogP contribution in [-0.4, -0.2) is 10.6 Å². The van der Waals surface area contributed by atoms with Crippen LogP contribution in [0.25, 0.3) is 0 Å². The van der Waals surface area contributed by atoms with Crippen LogP contribution in [-0.2, 0) is 0 Å². The van der Waals surface area contributed by atoms with Gasteiger partial charge in [0.15, 0.2) is 0 Å². The molecular weight excluding hydrogens is 284 g/mol. The predicted octanol–water partition coefficient (Wildman–Crippen LogP) is 6.37. The average molecular weight is 312 g/mol. The molecule has 1 N–H and O–H groups in total. The molecule has 1 aliphatic carbocycles. The number of aliphatic hydroxyl groups is 1. The van der Waals surface area contributed by atoms with Gasteiger partial charge in [0.05, 0.1) is 5.69 Å². The van der Waals surface area contributed by atoms with E-state index >= 15 is 0 Å². The van der Waals surface area contributed by atoms with Crippen molar-refractivity contribution in [3.05, 3.63) is 54.3 Å². The molecule has 0 aliphatic heterocycles. The maximum absolute atomic E-state index is 9.73. The van der Waals surface area contributed by atoms with Crippen molar-refractivity contribution < 1.29 is 5.11 Å². The Hall–Kier alpha value is -1.90. The smallest absolute Gasteiger partial charge is 0.111 e. The first-order chi connectivity index (χ1) is 10.6. The standard InChI is InChI=1S/C20H28N2O/c1-18(2,3)15-19(4,5)20(13-11-17(23)12-14-20)22-21-16-9-7-6-8-10-16/h6-13,23H,14-15H2,1-5H3. The number of hydrogen-bond donors (Lipinski definition) is 1. The minimum atomic E-state index is -0.442. The molecule has 1 aliphatic rings. The molecule has 0 aromatic heterocycles. The number of benzene rings is 1. The highest BCUT2D eigenvalue weighted by atomic mass is 16.3. The molecule has 2 rings (SSSR count). The van der Waals surface area contributed by atoms with Crippen LogP contribution in [0.1, 0.15) is 47.5 Å². The number of nitrogens with zero attached hydrogens (tertiary/aromatic N) is 2. The van der Waals surface area contributed by atoms with Gasteiger partial charge in [-0.15, -0.1) is 0 Å². The Kier molecular flexibility index (Phi) is 4.79. The van der Waals surface area contributed by atoms with Crippen molar-refractivity contribution in [1.82, 2.24) is 0 Å². The highest BCUT2D eigenvalue weighted by Gasteiger charge is 2.46. The zero-order valence-electron chi connectivity index (χ0n) is 14.9. The van der Waals surface area contributed by atoms with Crippen LogP contribution in [0.4, 0.5) is 5.69 Å². The van der Waals surface area contributed by atoms with Gasteiger partial charge < -0.3 is 5.11 Å². The summed E-state index contributed by atoms with van der Waals surface area (Å²) in [5.41, 5.74) is 0.515. The van der Waals surface area contributed by atoms with Crippen LogP contribution in [0.5, 0.6) is 0 Å². The van der Waals surface area contributed by atoms with Crippen LogP contribution in [0.2, 0.25) is 0 Å². The Morgan fingerprint density at radius 2 is 1.74 bits per heavy atom. The van der Waals surface area contributed by atoms with E-state index in [0.29, 0.717) is 12.2 Å². The summed E-state index contributed by atoms with van der Waals surface area (Å²) >= 11 is 0. The third-order valence-corrected chi connectivity index (χ3v) is 4.40.